The second-order valence-corrected chi connectivity index (χ2v) is 4.12. The molecule has 1 unspecified atom stereocenters. The lowest BCUT2D eigenvalue weighted by Crippen LogP contribution is -2.35. The molecular weight excluding hydrogens is 202 g/mol. The normalized spacial score (nSPS) is 17.9. The summed E-state index contributed by atoms with van der Waals surface area (Å²) in [6.07, 6.45) is 7.70. The summed E-state index contributed by atoms with van der Waals surface area (Å²) in [6, 6.07) is -0.179. The maximum Gasteiger partial charge on any atom is 0.323 e. The average Bonchev–Trinajstić information content (AvgIpc) is 2.30. The van der Waals surface area contributed by atoms with Crippen molar-refractivity contribution >= 4 is 5.97 Å². The van der Waals surface area contributed by atoms with Crippen molar-refractivity contribution in [3.8, 4) is 0 Å². The zero-order chi connectivity index (χ0) is 12.4. The number of allylic oxidation sites excluding steroid dienone is 1. The van der Waals surface area contributed by atoms with Crippen LogP contribution in [-0.2, 0) is 9.53 Å². The first-order valence-electron chi connectivity index (χ1n) is 6.10. The largest absolute Gasteiger partial charge is 0.461 e. The van der Waals surface area contributed by atoms with Gasteiger partial charge in [-0.05, 0) is 46.6 Å². The molecule has 1 aliphatic carbocycles. The molecule has 1 saturated carbocycles. The van der Waals surface area contributed by atoms with Gasteiger partial charge in [-0.25, -0.2) is 0 Å². The van der Waals surface area contributed by atoms with Gasteiger partial charge in [-0.3, -0.25) is 4.79 Å². The van der Waals surface area contributed by atoms with Crippen LogP contribution in [0.5, 0.6) is 0 Å². The zero-order valence-corrected chi connectivity index (χ0v) is 10.8. The fourth-order valence-corrected chi connectivity index (χ4v) is 1.57. The molecule has 0 saturated heterocycles. The Kier molecular flexibility index (Phi) is 8.91. The third-order valence-electron chi connectivity index (χ3n) is 2.62. The lowest BCUT2D eigenvalue weighted by molar-refractivity contribution is -0.152. The SMILES string of the molecule is C=CC.CNC(C)C(=O)OC1CCCCC1. The van der Waals surface area contributed by atoms with Crippen LogP contribution < -0.4 is 5.32 Å². The molecule has 1 aliphatic rings. The van der Waals surface area contributed by atoms with Gasteiger partial charge in [0, 0.05) is 0 Å². The average molecular weight is 227 g/mol. The fourth-order valence-electron chi connectivity index (χ4n) is 1.57. The molecule has 0 aromatic heterocycles. The number of carbonyl (C=O) groups is 1. The van der Waals surface area contributed by atoms with E-state index in [9.17, 15) is 4.79 Å². The van der Waals surface area contributed by atoms with E-state index in [1.165, 1.54) is 19.3 Å². The number of hydrogen-bond donors (Lipinski definition) is 1. The minimum absolute atomic E-state index is 0.116. The standard InChI is InChI=1S/C10H19NO2.C3H6/c1-8(11-2)10(12)13-9-6-4-3-5-7-9;1-3-2/h8-9,11H,3-7H2,1-2H3;3H,1H2,2H3. The molecule has 1 atom stereocenters. The van der Waals surface area contributed by atoms with Gasteiger partial charge in [0.15, 0.2) is 0 Å². The van der Waals surface area contributed by atoms with Gasteiger partial charge in [0.1, 0.15) is 12.1 Å². The van der Waals surface area contributed by atoms with Gasteiger partial charge < -0.3 is 10.1 Å². The molecule has 0 aromatic carbocycles. The minimum Gasteiger partial charge on any atom is -0.461 e. The summed E-state index contributed by atoms with van der Waals surface area (Å²) in [4.78, 5) is 11.4. The van der Waals surface area contributed by atoms with Crippen molar-refractivity contribution in [2.24, 2.45) is 0 Å². The number of likely N-dealkylation sites (N-methyl/N-ethyl adjacent to an activating group) is 1. The van der Waals surface area contributed by atoms with Crippen LogP contribution in [0.4, 0.5) is 0 Å². The molecule has 3 heteroatoms. The van der Waals surface area contributed by atoms with Crippen LogP contribution in [0.25, 0.3) is 0 Å². The summed E-state index contributed by atoms with van der Waals surface area (Å²) in [5.41, 5.74) is 0. The Morgan fingerprint density at radius 3 is 2.38 bits per heavy atom. The Morgan fingerprint density at radius 1 is 1.44 bits per heavy atom. The highest BCUT2D eigenvalue weighted by Crippen LogP contribution is 2.20. The van der Waals surface area contributed by atoms with Crippen LogP contribution in [-0.4, -0.2) is 25.2 Å². The molecule has 0 radical (unpaired) electrons. The van der Waals surface area contributed by atoms with Gasteiger partial charge >= 0.3 is 5.97 Å². The molecule has 94 valence electrons. The maximum absolute atomic E-state index is 11.4. The molecule has 1 rings (SSSR count). The quantitative estimate of drug-likeness (QED) is 0.595. The van der Waals surface area contributed by atoms with Crippen LogP contribution in [0.3, 0.4) is 0 Å². The van der Waals surface area contributed by atoms with E-state index in [1.54, 1.807) is 13.1 Å². The lowest BCUT2D eigenvalue weighted by Gasteiger charge is -2.23. The number of ether oxygens (including phenoxy) is 1. The van der Waals surface area contributed by atoms with Crippen LogP contribution in [0.15, 0.2) is 12.7 Å². The first-order valence-corrected chi connectivity index (χ1v) is 6.10. The minimum atomic E-state index is -0.179. The van der Waals surface area contributed by atoms with Crippen LogP contribution in [0.2, 0.25) is 0 Å². The first-order chi connectivity index (χ1) is 7.65. The molecule has 0 heterocycles. The van der Waals surface area contributed by atoms with Crippen LogP contribution >= 0.6 is 0 Å². The molecule has 0 spiro atoms. The Labute approximate surface area is 99.3 Å². The van der Waals surface area contributed by atoms with Crippen molar-refractivity contribution in [3.05, 3.63) is 12.7 Å². The molecule has 1 fully saturated rings. The second-order valence-electron chi connectivity index (χ2n) is 4.12. The highest BCUT2D eigenvalue weighted by Gasteiger charge is 2.20. The van der Waals surface area contributed by atoms with Crippen molar-refractivity contribution < 1.29 is 9.53 Å². The van der Waals surface area contributed by atoms with E-state index in [0.29, 0.717) is 0 Å². The highest BCUT2D eigenvalue weighted by atomic mass is 16.5. The zero-order valence-electron chi connectivity index (χ0n) is 10.8. The molecule has 0 amide bonds. The summed E-state index contributed by atoms with van der Waals surface area (Å²) < 4.78 is 5.34. The predicted octanol–water partition coefficient (Wildman–Crippen LogP) is 2.66. The van der Waals surface area contributed by atoms with E-state index >= 15 is 0 Å². The van der Waals surface area contributed by atoms with Crippen molar-refractivity contribution in [1.29, 1.82) is 0 Å². The summed E-state index contributed by atoms with van der Waals surface area (Å²) >= 11 is 0. The number of nitrogens with one attached hydrogen (secondary N) is 1. The maximum atomic E-state index is 11.4. The van der Waals surface area contributed by atoms with Crippen LogP contribution in [0, 0.1) is 0 Å². The van der Waals surface area contributed by atoms with E-state index in [1.807, 2.05) is 13.8 Å². The molecule has 0 aromatic rings. The van der Waals surface area contributed by atoms with E-state index in [-0.39, 0.29) is 18.1 Å². The molecule has 3 nitrogen and oxygen atoms in total. The van der Waals surface area contributed by atoms with E-state index < -0.39 is 0 Å². The third-order valence-corrected chi connectivity index (χ3v) is 2.62. The molecule has 0 bridgehead atoms. The van der Waals surface area contributed by atoms with E-state index in [4.69, 9.17) is 4.74 Å². The van der Waals surface area contributed by atoms with Gasteiger partial charge in [0.2, 0.25) is 0 Å². The van der Waals surface area contributed by atoms with Gasteiger partial charge in [-0.15, -0.1) is 6.58 Å². The monoisotopic (exact) mass is 227 g/mol. The fraction of sp³-hybridized carbons (Fsp3) is 0.769. The highest BCUT2D eigenvalue weighted by molar-refractivity contribution is 5.75. The first kappa shape index (κ1) is 15.2. The Morgan fingerprint density at radius 2 is 1.94 bits per heavy atom. The summed E-state index contributed by atoms with van der Waals surface area (Å²) in [7, 11) is 1.77. The van der Waals surface area contributed by atoms with E-state index in [0.717, 1.165) is 12.8 Å². The predicted molar refractivity (Wildman–Crippen MR) is 67.4 cm³/mol. The summed E-state index contributed by atoms with van der Waals surface area (Å²) in [5.74, 6) is -0.116. The number of rotatable bonds is 3. The van der Waals surface area contributed by atoms with Crippen molar-refractivity contribution in [2.45, 2.75) is 58.1 Å². The molecular formula is C13H25NO2. The number of esters is 1. The molecule has 0 aliphatic heterocycles. The van der Waals surface area contributed by atoms with Crippen molar-refractivity contribution in [2.75, 3.05) is 7.05 Å². The summed E-state index contributed by atoms with van der Waals surface area (Å²) in [5, 5.41) is 2.88. The number of hydrogen-bond acceptors (Lipinski definition) is 3. The van der Waals surface area contributed by atoms with Gasteiger partial charge in [-0.2, -0.15) is 0 Å². The van der Waals surface area contributed by atoms with Crippen molar-refractivity contribution in [3.63, 3.8) is 0 Å². The Hall–Kier alpha value is -0.830. The summed E-state index contributed by atoms with van der Waals surface area (Å²) in [6.45, 7) is 7.07. The topological polar surface area (TPSA) is 38.3 Å². The van der Waals surface area contributed by atoms with E-state index in [2.05, 4.69) is 11.9 Å². The molecule has 1 N–H and O–H groups in total. The Balaban J connectivity index is 0.000000673. The van der Waals surface area contributed by atoms with Gasteiger partial charge in [0.05, 0.1) is 0 Å². The number of carbonyl (C=O) groups excluding carboxylic acids is 1. The Bertz CT molecular complexity index is 198. The van der Waals surface area contributed by atoms with Crippen LogP contribution in [0.1, 0.15) is 46.0 Å². The van der Waals surface area contributed by atoms with Crippen molar-refractivity contribution in [1.82, 2.24) is 5.32 Å². The lowest BCUT2D eigenvalue weighted by atomic mass is 9.98. The van der Waals surface area contributed by atoms with Gasteiger partial charge in [0.25, 0.3) is 0 Å². The smallest absolute Gasteiger partial charge is 0.323 e. The molecule has 16 heavy (non-hydrogen) atoms. The second kappa shape index (κ2) is 9.40. The third kappa shape index (κ3) is 6.62. The van der Waals surface area contributed by atoms with Gasteiger partial charge in [-0.1, -0.05) is 12.5 Å².